The molecule has 3 aromatic rings. The van der Waals surface area contributed by atoms with Gasteiger partial charge in [0.1, 0.15) is 16.8 Å². The Morgan fingerprint density at radius 3 is 2.91 bits per heavy atom. The highest BCUT2D eigenvalue weighted by atomic mass is 16.5. The third-order valence-corrected chi connectivity index (χ3v) is 3.64. The highest BCUT2D eigenvalue weighted by molar-refractivity contribution is 6.04. The predicted molar refractivity (Wildman–Crippen MR) is 87.6 cm³/mol. The van der Waals surface area contributed by atoms with Crippen molar-refractivity contribution in [1.82, 2.24) is 19.4 Å². The lowest BCUT2D eigenvalue weighted by atomic mass is 10.2. The maximum absolute atomic E-state index is 12.6. The second-order valence-corrected chi connectivity index (χ2v) is 5.54. The zero-order valence-electron chi connectivity index (χ0n) is 13.1. The van der Waals surface area contributed by atoms with Crippen molar-refractivity contribution in [2.24, 2.45) is 0 Å². The van der Waals surface area contributed by atoms with Gasteiger partial charge in [-0.15, -0.1) is 0 Å². The van der Waals surface area contributed by atoms with Crippen LogP contribution in [0.1, 0.15) is 6.92 Å². The summed E-state index contributed by atoms with van der Waals surface area (Å²) in [7, 11) is 3.96. The van der Waals surface area contributed by atoms with Gasteiger partial charge in [-0.25, -0.2) is 4.98 Å². The first-order valence-corrected chi connectivity index (χ1v) is 7.38. The minimum atomic E-state index is -0.0407. The molecule has 0 aliphatic heterocycles. The SMILES string of the molecule is CCOc1ccc2[nH]c3c(=O)n(CCN(C)C)cnc3c2c1. The fourth-order valence-corrected chi connectivity index (χ4v) is 2.49. The molecule has 6 heteroatoms. The molecule has 0 spiro atoms. The second kappa shape index (κ2) is 5.81. The van der Waals surface area contributed by atoms with Crippen LogP contribution in [0.5, 0.6) is 5.75 Å². The molecule has 0 unspecified atom stereocenters. The van der Waals surface area contributed by atoms with E-state index < -0.39 is 0 Å². The van der Waals surface area contributed by atoms with E-state index >= 15 is 0 Å². The van der Waals surface area contributed by atoms with Gasteiger partial charge in [0.25, 0.3) is 5.56 Å². The lowest BCUT2D eigenvalue weighted by molar-refractivity contribution is 0.341. The normalized spacial score (nSPS) is 11.6. The van der Waals surface area contributed by atoms with E-state index in [2.05, 4.69) is 9.97 Å². The van der Waals surface area contributed by atoms with Gasteiger partial charge < -0.3 is 14.6 Å². The molecule has 2 heterocycles. The summed E-state index contributed by atoms with van der Waals surface area (Å²) in [5.41, 5.74) is 2.10. The molecule has 116 valence electrons. The standard InChI is InChI=1S/C16H20N4O2/c1-4-22-11-5-6-13-12(9-11)14-15(18-13)16(21)20(10-17-14)8-7-19(2)3/h5-6,9-10,18H,4,7-8H2,1-3H3. The number of nitrogens with zero attached hydrogens (tertiary/aromatic N) is 3. The minimum absolute atomic E-state index is 0.0407. The smallest absolute Gasteiger partial charge is 0.277 e. The lowest BCUT2D eigenvalue weighted by Gasteiger charge is -2.10. The van der Waals surface area contributed by atoms with E-state index in [1.807, 2.05) is 44.1 Å². The summed E-state index contributed by atoms with van der Waals surface area (Å²) in [5.74, 6) is 0.787. The Morgan fingerprint density at radius 1 is 1.36 bits per heavy atom. The van der Waals surface area contributed by atoms with Crippen molar-refractivity contribution in [3.8, 4) is 5.75 Å². The highest BCUT2D eigenvalue weighted by Gasteiger charge is 2.11. The van der Waals surface area contributed by atoms with Gasteiger partial charge in [0, 0.05) is 24.0 Å². The molecule has 22 heavy (non-hydrogen) atoms. The number of nitrogens with one attached hydrogen (secondary N) is 1. The quantitative estimate of drug-likeness (QED) is 0.781. The van der Waals surface area contributed by atoms with Gasteiger partial charge in [-0.3, -0.25) is 9.36 Å². The number of hydrogen-bond donors (Lipinski definition) is 1. The molecule has 1 N–H and O–H groups in total. The van der Waals surface area contributed by atoms with Gasteiger partial charge in [-0.05, 0) is 39.2 Å². The Morgan fingerprint density at radius 2 is 2.18 bits per heavy atom. The van der Waals surface area contributed by atoms with Crippen LogP contribution in [0.2, 0.25) is 0 Å². The number of fused-ring (bicyclic) bond motifs is 3. The Labute approximate surface area is 128 Å². The molecule has 0 aliphatic rings. The van der Waals surface area contributed by atoms with E-state index in [-0.39, 0.29) is 5.56 Å². The molecule has 1 aromatic carbocycles. The number of ether oxygens (including phenoxy) is 1. The number of aromatic amines is 1. The lowest BCUT2D eigenvalue weighted by Crippen LogP contribution is -2.26. The van der Waals surface area contributed by atoms with Crippen molar-refractivity contribution in [1.29, 1.82) is 0 Å². The highest BCUT2D eigenvalue weighted by Crippen LogP contribution is 2.25. The molecular formula is C16H20N4O2. The summed E-state index contributed by atoms with van der Waals surface area (Å²) < 4.78 is 7.16. The van der Waals surface area contributed by atoms with Crippen molar-refractivity contribution >= 4 is 21.9 Å². The van der Waals surface area contributed by atoms with Gasteiger partial charge in [-0.1, -0.05) is 0 Å². The fraction of sp³-hybridized carbons (Fsp3) is 0.375. The Hall–Kier alpha value is -2.34. The summed E-state index contributed by atoms with van der Waals surface area (Å²) in [6, 6.07) is 5.74. The van der Waals surface area contributed by atoms with E-state index in [0.29, 0.717) is 24.2 Å². The first-order valence-electron chi connectivity index (χ1n) is 7.38. The van der Waals surface area contributed by atoms with Gasteiger partial charge in [0.05, 0.1) is 12.9 Å². The van der Waals surface area contributed by atoms with Crippen molar-refractivity contribution < 1.29 is 4.74 Å². The minimum Gasteiger partial charge on any atom is -0.494 e. The third kappa shape index (κ3) is 2.57. The van der Waals surface area contributed by atoms with Crippen LogP contribution in [-0.4, -0.2) is 46.7 Å². The van der Waals surface area contributed by atoms with Crippen LogP contribution in [0, 0.1) is 0 Å². The molecule has 3 rings (SSSR count). The van der Waals surface area contributed by atoms with Crippen molar-refractivity contribution in [2.45, 2.75) is 13.5 Å². The average Bonchev–Trinajstić information content (AvgIpc) is 2.86. The van der Waals surface area contributed by atoms with Crippen molar-refractivity contribution in [2.75, 3.05) is 27.2 Å². The molecule has 2 aromatic heterocycles. The number of hydrogen-bond acceptors (Lipinski definition) is 4. The number of likely N-dealkylation sites (N-methyl/N-ethyl adjacent to an activating group) is 1. The van der Waals surface area contributed by atoms with Crippen LogP contribution < -0.4 is 10.3 Å². The van der Waals surface area contributed by atoms with Crippen molar-refractivity contribution in [3.63, 3.8) is 0 Å². The van der Waals surface area contributed by atoms with Crippen LogP contribution in [0.25, 0.3) is 21.9 Å². The summed E-state index contributed by atoms with van der Waals surface area (Å²) in [6.45, 7) is 3.97. The number of H-pyrrole nitrogens is 1. The summed E-state index contributed by atoms with van der Waals surface area (Å²) in [4.78, 5) is 22.2. The number of rotatable bonds is 5. The topological polar surface area (TPSA) is 63.2 Å². The van der Waals surface area contributed by atoms with Crippen molar-refractivity contribution in [3.05, 3.63) is 34.9 Å². The van der Waals surface area contributed by atoms with E-state index in [0.717, 1.165) is 23.2 Å². The van der Waals surface area contributed by atoms with E-state index in [9.17, 15) is 4.79 Å². The molecule has 0 amide bonds. The molecule has 6 nitrogen and oxygen atoms in total. The van der Waals surface area contributed by atoms with Crippen LogP contribution in [-0.2, 0) is 6.54 Å². The fourth-order valence-electron chi connectivity index (χ4n) is 2.49. The predicted octanol–water partition coefficient (Wildman–Crippen LogP) is 1.84. The van der Waals surface area contributed by atoms with Crippen LogP contribution in [0.4, 0.5) is 0 Å². The molecule has 0 radical (unpaired) electrons. The molecule has 0 aliphatic carbocycles. The number of aromatic nitrogens is 3. The second-order valence-electron chi connectivity index (χ2n) is 5.54. The van der Waals surface area contributed by atoms with Crippen LogP contribution >= 0.6 is 0 Å². The molecule has 0 saturated carbocycles. The maximum Gasteiger partial charge on any atom is 0.277 e. The summed E-state index contributed by atoms with van der Waals surface area (Å²) in [6.07, 6.45) is 1.62. The van der Waals surface area contributed by atoms with E-state index in [4.69, 9.17) is 4.74 Å². The summed E-state index contributed by atoms with van der Waals surface area (Å²) in [5, 5.41) is 0.915. The maximum atomic E-state index is 12.6. The van der Waals surface area contributed by atoms with Crippen LogP contribution in [0.3, 0.4) is 0 Å². The first-order chi connectivity index (χ1) is 10.6. The Kier molecular flexibility index (Phi) is 3.85. The first kappa shape index (κ1) is 14.6. The monoisotopic (exact) mass is 300 g/mol. The average molecular weight is 300 g/mol. The number of benzene rings is 1. The van der Waals surface area contributed by atoms with E-state index in [1.165, 1.54) is 0 Å². The largest absolute Gasteiger partial charge is 0.494 e. The molecule has 0 bridgehead atoms. The molecule has 0 fully saturated rings. The Balaban J connectivity index is 2.11. The zero-order valence-corrected chi connectivity index (χ0v) is 13.1. The Bertz CT molecular complexity index is 864. The third-order valence-electron chi connectivity index (χ3n) is 3.64. The molecule has 0 saturated heterocycles. The summed E-state index contributed by atoms with van der Waals surface area (Å²) >= 11 is 0. The van der Waals surface area contributed by atoms with E-state index in [1.54, 1.807) is 10.9 Å². The zero-order chi connectivity index (χ0) is 15.7. The van der Waals surface area contributed by atoms with Crippen LogP contribution in [0.15, 0.2) is 29.3 Å². The van der Waals surface area contributed by atoms with Gasteiger partial charge in [-0.2, -0.15) is 0 Å². The molecule has 0 atom stereocenters. The molecular weight excluding hydrogens is 280 g/mol. The van der Waals surface area contributed by atoms with Gasteiger partial charge in [0.2, 0.25) is 0 Å². The van der Waals surface area contributed by atoms with Gasteiger partial charge >= 0.3 is 0 Å². The van der Waals surface area contributed by atoms with Gasteiger partial charge in [0.15, 0.2) is 0 Å².